The lowest BCUT2D eigenvalue weighted by molar-refractivity contribution is 0.0849. The first-order valence-corrected chi connectivity index (χ1v) is 8.63. The van der Waals surface area contributed by atoms with Crippen LogP contribution in [0.2, 0.25) is 0 Å². The number of rotatable bonds is 3. The number of benzene rings is 1. The standard InChI is InChI=1S/C19H26N4O2/c1-19(2,3)20-18(24)25-16-10-11-23(12-14-8-6-5-7-9-14)17-15(16)13-22(4)21-17/h5-9,13,16H,10-12H2,1-4H3,(H,20,24). The molecule has 1 unspecified atom stereocenters. The summed E-state index contributed by atoms with van der Waals surface area (Å²) in [6, 6.07) is 10.3. The number of aryl methyl sites for hydroxylation is 1. The molecule has 1 aromatic heterocycles. The molecular formula is C19H26N4O2. The van der Waals surface area contributed by atoms with Crippen LogP contribution < -0.4 is 10.2 Å². The highest BCUT2D eigenvalue weighted by Crippen LogP contribution is 2.35. The van der Waals surface area contributed by atoms with Gasteiger partial charge >= 0.3 is 6.09 Å². The molecule has 3 rings (SSSR count). The van der Waals surface area contributed by atoms with Gasteiger partial charge in [0.15, 0.2) is 5.82 Å². The van der Waals surface area contributed by atoms with Gasteiger partial charge in [0.2, 0.25) is 0 Å². The first-order valence-electron chi connectivity index (χ1n) is 8.63. The molecule has 25 heavy (non-hydrogen) atoms. The van der Waals surface area contributed by atoms with Gasteiger partial charge in [-0.2, -0.15) is 5.10 Å². The Balaban J connectivity index is 1.75. The van der Waals surface area contributed by atoms with Gasteiger partial charge in [-0.05, 0) is 26.3 Å². The van der Waals surface area contributed by atoms with Crippen LogP contribution in [0.1, 0.15) is 44.4 Å². The SMILES string of the molecule is Cn1cc2c(n1)N(Cc1ccccc1)CCC2OC(=O)NC(C)(C)C. The third-order valence-electron chi connectivity index (χ3n) is 4.09. The number of nitrogens with zero attached hydrogens (tertiary/aromatic N) is 3. The second-order valence-corrected chi connectivity index (χ2v) is 7.55. The van der Waals surface area contributed by atoms with E-state index in [4.69, 9.17) is 4.74 Å². The number of alkyl carbamates (subject to hydrolysis) is 1. The molecule has 0 fully saturated rings. The molecule has 1 aromatic carbocycles. The largest absolute Gasteiger partial charge is 0.441 e. The Morgan fingerprint density at radius 1 is 1.32 bits per heavy atom. The number of carbonyl (C=O) groups is 1. The molecule has 0 spiro atoms. The fourth-order valence-electron chi connectivity index (χ4n) is 3.05. The molecule has 0 aliphatic carbocycles. The van der Waals surface area contributed by atoms with Crippen LogP contribution in [0.4, 0.5) is 10.6 Å². The van der Waals surface area contributed by atoms with Crippen LogP contribution in [-0.2, 0) is 18.3 Å². The zero-order valence-electron chi connectivity index (χ0n) is 15.3. The molecule has 1 aliphatic rings. The first kappa shape index (κ1) is 17.3. The highest BCUT2D eigenvalue weighted by atomic mass is 16.6. The summed E-state index contributed by atoms with van der Waals surface area (Å²) in [5.41, 5.74) is 1.89. The van der Waals surface area contributed by atoms with Gasteiger partial charge < -0.3 is 15.0 Å². The van der Waals surface area contributed by atoms with Gasteiger partial charge in [0.05, 0.1) is 5.56 Å². The minimum absolute atomic E-state index is 0.266. The highest BCUT2D eigenvalue weighted by molar-refractivity contribution is 5.69. The van der Waals surface area contributed by atoms with E-state index in [9.17, 15) is 4.79 Å². The number of carbonyl (C=O) groups excluding carboxylic acids is 1. The summed E-state index contributed by atoms with van der Waals surface area (Å²) in [7, 11) is 1.89. The number of anilines is 1. The molecule has 2 aromatic rings. The van der Waals surface area contributed by atoms with E-state index < -0.39 is 0 Å². The average molecular weight is 342 g/mol. The summed E-state index contributed by atoms with van der Waals surface area (Å²) in [5, 5.41) is 7.44. The van der Waals surface area contributed by atoms with Crippen LogP contribution in [0.3, 0.4) is 0 Å². The Kier molecular flexibility index (Phi) is 4.70. The Hall–Kier alpha value is -2.50. The smallest absolute Gasteiger partial charge is 0.408 e. The lowest BCUT2D eigenvalue weighted by atomic mass is 10.0. The molecule has 6 nitrogen and oxygen atoms in total. The van der Waals surface area contributed by atoms with E-state index in [1.165, 1.54) is 5.56 Å². The maximum Gasteiger partial charge on any atom is 0.408 e. The maximum absolute atomic E-state index is 12.1. The van der Waals surface area contributed by atoms with Crippen LogP contribution in [-0.4, -0.2) is 28.0 Å². The molecule has 0 radical (unpaired) electrons. The van der Waals surface area contributed by atoms with E-state index in [1.807, 2.05) is 52.2 Å². The van der Waals surface area contributed by atoms with E-state index in [2.05, 4.69) is 27.4 Å². The van der Waals surface area contributed by atoms with E-state index in [0.29, 0.717) is 0 Å². The lowest BCUT2D eigenvalue weighted by Crippen LogP contribution is -2.42. The average Bonchev–Trinajstić information content (AvgIpc) is 2.91. The molecule has 2 heterocycles. The van der Waals surface area contributed by atoms with Crippen molar-refractivity contribution in [1.29, 1.82) is 0 Å². The normalized spacial score (nSPS) is 17.1. The van der Waals surface area contributed by atoms with Crippen molar-refractivity contribution >= 4 is 11.9 Å². The Bertz CT molecular complexity index is 734. The van der Waals surface area contributed by atoms with Crippen molar-refractivity contribution in [3.8, 4) is 0 Å². The summed E-state index contributed by atoms with van der Waals surface area (Å²) < 4.78 is 7.46. The lowest BCUT2D eigenvalue weighted by Gasteiger charge is -2.32. The van der Waals surface area contributed by atoms with Gasteiger partial charge in [-0.25, -0.2) is 4.79 Å². The van der Waals surface area contributed by atoms with Gasteiger partial charge in [-0.15, -0.1) is 0 Å². The van der Waals surface area contributed by atoms with Gasteiger partial charge in [0, 0.05) is 38.3 Å². The van der Waals surface area contributed by atoms with Crippen molar-refractivity contribution in [1.82, 2.24) is 15.1 Å². The zero-order valence-corrected chi connectivity index (χ0v) is 15.3. The van der Waals surface area contributed by atoms with E-state index in [-0.39, 0.29) is 17.7 Å². The molecule has 1 atom stereocenters. The van der Waals surface area contributed by atoms with E-state index in [0.717, 1.165) is 30.9 Å². The van der Waals surface area contributed by atoms with E-state index in [1.54, 1.807) is 4.68 Å². The van der Waals surface area contributed by atoms with E-state index >= 15 is 0 Å². The Labute approximate surface area is 148 Å². The molecule has 1 N–H and O–H groups in total. The zero-order chi connectivity index (χ0) is 18.0. The number of fused-ring (bicyclic) bond motifs is 1. The molecule has 134 valence electrons. The van der Waals surface area contributed by atoms with Crippen LogP contribution >= 0.6 is 0 Å². The number of aromatic nitrogens is 2. The summed E-state index contributed by atoms with van der Waals surface area (Å²) in [6.07, 6.45) is 2.05. The van der Waals surface area contributed by atoms with Crippen molar-refractivity contribution < 1.29 is 9.53 Å². The second-order valence-electron chi connectivity index (χ2n) is 7.55. The predicted octanol–water partition coefficient (Wildman–Crippen LogP) is 3.40. The number of hydrogen-bond acceptors (Lipinski definition) is 4. The molecule has 1 amide bonds. The quantitative estimate of drug-likeness (QED) is 0.929. The fraction of sp³-hybridized carbons (Fsp3) is 0.474. The van der Waals surface area contributed by atoms with Crippen molar-refractivity contribution in [3.63, 3.8) is 0 Å². The Morgan fingerprint density at radius 3 is 2.72 bits per heavy atom. The summed E-state index contributed by atoms with van der Waals surface area (Å²) in [6.45, 7) is 7.41. The molecule has 0 saturated carbocycles. The number of amides is 1. The van der Waals surface area contributed by atoms with Crippen molar-refractivity contribution in [3.05, 3.63) is 47.7 Å². The number of ether oxygens (including phenoxy) is 1. The minimum atomic E-state index is -0.385. The number of hydrogen-bond donors (Lipinski definition) is 1. The van der Waals surface area contributed by atoms with Crippen LogP contribution in [0.25, 0.3) is 0 Å². The second kappa shape index (κ2) is 6.78. The highest BCUT2D eigenvalue weighted by Gasteiger charge is 2.31. The number of nitrogens with one attached hydrogen (secondary N) is 1. The van der Waals surface area contributed by atoms with Crippen LogP contribution in [0, 0.1) is 0 Å². The van der Waals surface area contributed by atoms with Crippen molar-refractivity contribution in [2.45, 2.75) is 45.4 Å². The summed E-state index contributed by atoms with van der Waals surface area (Å²) in [5.74, 6) is 0.895. The van der Waals surface area contributed by atoms with Crippen LogP contribution in [0.15, 0.2) is 36.5 Å². The monoisotopic (exact) mass is 342 g/mol. The topological polar surface area (TPSA) is 59.4 Å². The first-order chi connectivity index (χ1) is 11.8. The molecule has 0 bridgehead atoms. The van der Waals surface area contributed by atoms with Crippen LogP contribution in [0.5, 0.6) is 0 Å². The van der Waals surface area contributed by atoms with Gasteiger partial charge in [0.25, 0.3) is 0 Å². The third kappa shape index (κ3) is 4.32. The Morgan fingerprint density at radius 2 is 2.04 bits per heavy atom. The minimum Gasteiger partial charge on any atom is -0.441 e. The third-order valence-corrected chi connectivity index (χ3v) is 4.09. The van der Waals surface area contributed by atoms with Gasteiger partial charge in [-0.3, -0.25) is 4.68 Å². The van der Waals surface area contributed by atoms with Gasteiger partial charge in [0.1, 0.15) is 6.10 Å². The molecule has 0 saturated heterocycles. The van der Waals surface area contributed by atoms with Crippen molar-refractivity contribution in [2.24, 2.45) is 7.05 Å². The maximum atomic E-state index is 12.1. The van der Waals surface area contributed by atoms with Gasteiger partial charge in [-0.1, -0.05) is 30.3 Å². The predicted molar refractivity (Wildman–Crippen MR) is 97.4 cm³/mol. The summed E-state index contributed by atoms with van der Waals surface area (Å²) >= 11 is 0. The van der Waals surface area contributed by atoms with Crippen molar-refractivity contribution in [2.75, 3.05) is 11.4 Å². The molecular weight excluding hydrogens is 316 g/mol. The molecule has 1 aliphatic heterocycles. The molecule has 6 heteroatoms. The summed E-state index contributed by atoms with van der Waals surface area (Å²) in [4.78, 5) is 14.4. The fourth-order valence-corrected chi connectivity index (χ4v) is 3.05.